The lowest BCUT2D eigenvalue weighted by molar-refractivity contribution is 0.110. The predicted molar refractivity (Wildman–Crippen MR) is 75.8 cm³/mol. The average molecular weight is 247 g/mol. The van der Waals surface area contributed by atoms with E-state index in [-0.39, 0.29) is 5.41 Å². The topological polar surface area (TPSA) is 21.3 Å². The molecule has 1 N–H and O–H groups in total. The lowest BCUT2D eigenvalue weighted by atomic mass is 9.87. The molecule has 0 aliphatic carbocycles. The molecule has 0 bridgehead atoms. The summed E-state index contributed by atoms with van der Waals surface area (Å²) in [6.45, 7) is 9.59. The van der Waals surface area contributed by atoms with Crippen LogP contribution in [0.2, 0.25) is 0 Å². The fourth-order valence-electron chi connectivity index (χ4n) is 2.31. The first-order chi connectivity index (χ1) is 8.55. The second kappa shape index (κ2) is 5.85. The Hall–Kier alpha value is -0.860. The van der Waals surface area contributed by atoms with Crippen molar-refractivity contribution in [1.82, 2.24) is 5.32 Å². The summed E-state index contributed by atoms with van der Waals surface area (Å²) in [4.78, 5) is 0. The van der Waals surface area contributed by atoms with Crippen molar-refractivity contribution in [3.05, 3.63) is 35.4 Å². The molecular weight excluding hydrogens is 222 g/mol. The van der Waals surface area contributed by atoms with Gasteiger partial charge in [-0.3, -0.25) is 0 Å². The van der Waals surface area contributed by atoms with Crippen molar-refractivity contribution in [3.63, 3.8) is 0 Å². The third-order valence-corrected chi connectivity index (χ3v) is 3.55. The van der Waals surface area contributed by atoms with Gasteiger partial charge in [-0.05, 0) is 29.4 Å². The van der Waals surface area contributed by atoms with Gasteiger partial charge < -0.3 is 10.1 Å². The van der Waals surface area contributed by atoms with E-state index in [0.29, 0.717) is 6.10 Å². The molecule has 0 aromatic heterocycles. The van der Waals surface area contributed by atoms with Crippen LogP contribution in [-0.4, -0.2) is 19.3 Å². The summed E-state index contributed by atoms with van der Waals surface area (Å²) < 4.78 is 5.59. The maximum Gasteiger partial charge on any atom is 0.0700 e. The summed E-state index contributed by atoms with van der Waals surface area (Å²) in [5.74, 6) is 0. The molecule has 0 spiro atoms. The van der Waals surface area contributed by atoms with Gasteiger partial charge in [0.25, 0.3) is 0 Å². The Morgan fingerprint density at radius 1 is 1.22 bits per heavy atom. The van der Waals surface area contributed by atoms with Crippen LogP contribution in [0.4, 0.5) is 0 Å². The van der Waals surface area contributed by atoms with E-state index in [2.05, 4.69) is 50.4 Å². The molecule has 1 atom stereocenters. The van der Waals surface area contributed by atoms with Gasteiger partial charge >= 0.3 is 0 Å². The molecule has 2 heteroatoms. The summed E-state index contributed by atoms with van der Waals surface area (Å²) in [6, 6.07) is 8.93. The Bertz CT molecular complexity index is 358. The van der Waals surface area contributed by atoms with E-state index in [4.69, 9.17) is 4.74 Å². The normalized spacial score (nSPS) is 20.3. The van der Waals surface area contributed by atoms with Crippen molar-refractivity contribution in [1.29, 1.82) is 0 Å². The monoisotopic (exact) mass is 247 g/mol. The van der Waals surface area contributed by atoms with Crippen LogP contribution in [-0.2, 0) is 16.7 Å². The van der Waals surface area contributed by atoms with E-state index in [1.54, 1.807) is 0 Å². The number of ether oxygens (including phenoxy) is 1. The minimum atomic E-state index is 0.240. The first-order valence-electron chi connectivity index (χ1n) is 6.97. The van der Waals surface area contributed by atoms with Crippen molar-refractivity contribution in [3.8, 4) is 0 Å². The molecule has 0 amide bonds. The zero-order chi connectivity index (χ0) is 13.0. The van der Waals surface area contributed by atoms with E-state index >= 15 is 0 Å². The molecule has 0 radical (unpaired) electrons. The second-order valence-electron chi connectivity index (χ2n) is 6.21. The summed E-state index contributed by atoms with van der Waals surface area (Å²) in [7, 11) is 0. The van der Waals surface area contributed by atoms with Crippen molar-refractivity contribution in [2.45, 2.75) is 51.7 Å². The van der Waals surface area contributed by atoms with Crippen molar-refractivity contribution >= 4 is 0 Å². The van der Waals surface area contributed by atoms with Gasteiger partial charge in [0.1, 0.15) is 0 Å². The summed E-state index contributed by atoms with van der Waals surface area (Å²) in [6.07, 6.45) is 2.85. The summed E-state index contributed by atoms with van der Waals surface area (Å²) in [5, 5.41) is 3.48. The molecule has 2 rings (SSSR count). The van der Waals surface area contributed by atoms with Crippen LogP contribution in [0.1, 0.15) is 44.7 Å². The number of rotatable bonds is 4. The van der Waals surface area contributed by atoms with Crippen LogP contribution in [0.25, 0.3) is 0 Å². The molecule has 1 aliphatic rings. The maximum absolute atomic E-state index is 5.59. The first-order valence-corrected chi connectivity index (χ1v) is 6.97. The van der Waals surface area contributed by atoms with Crippen molar-refractivity contribution in [2.75, 3.05) is 13.2 Å². The van der Waals surface area contributed by atoms with Crippen molar-refractivity contribution in [2.24, 2.45) is 0 Å². The standard InChI is InChI=1S/C16H25NO/c1-16(2,3)14-8-6-13(7-9-14)11-17-12-15-5-4-10-18-15/h6-9,15,17H,4-5,10-12H2,1-3H3/t15-/m0/s1. The van der Waals surface area contributed by atoms with Gasteiger partial charge in [0.05, 0.1) is 6.10 Å². The third-order valence-electron chi connectivity index (χ3n) is 3.55. The number of hydrogen-bond acceptors (Lipinski definition) is 2. The van der Waals surface area contributed by atoms with Crippen LogP contribution < -0.4 is 5.32 Å². The van der Waals surface area contributed by atoms with Gasteiger partial charge in [0, 0.05) is 19.7 Å². The van der Waals surface area contributed by atoms with Gasteiger partial charge in [-0.1, -0.05) is 45.0 Å². The zero-order valence-corrected chi connectivity index (χ0v) is 11.8. The molecule has 1 aromatic rings. The number of benzene rings is 1. The fraction of sp³-hybridized carbons (Fsp3) is 0.625. The van der Waals surface area contributed by atoms with Gasteiger partial charge in [-0.15, -0.1) is 0 Å². The van der Waals surface area contributed by atoms with Crippen molar-refractivity contribution < 1.29 is 4.74 Å². The van der Waals surface area contributed by atoms with Gasteiger partial charge in [-0.25, -0.2) is 0 Å². The smallest absolute Gasteiger partial charge is 0.0700 e. The minimum Gasteiger partial charge on any atom is -0.377 e. The second-order valence-corrected chi connectivity index (χ2v) is 6.21. The molecule has 18 heavy (non-hydrogen) atoms. The predicted octanol–water partition coefficient (Wildman–Crippen LogP) is 3.25. The van der Waals surface area contributed by atoms with E-state index in [0.717, 1.165) is 19.7 Å². The average Bonchev–Trinajstić information content (AvgIpc) is 2.82. The molecule has 1 aliphatic heterocycles. The SMILES string of the molecule is CC(C)(C)c1ccc(CNC[C@@H]2CCCO2)cc1. The molecule has 0 saturated carbocycles. The third kappa shape index (κ3) is 3.82. The van der Waals surface area contributed by atoms with Gasteiger partial charge in [0.2, 0.25) is 0 Å². The Kier molecular flexibility index (Phi) is 4.41. The summed E-state index contributed by atoms with van der Waals surface area (Å²) in [5.41, 5.74) is 2.98. The largest absolute Gasteiger partial charge is 0.377 e. The van der Waals surface area contributed by atoms with E-state index in [1.165, 1.54) is 24.0 Å². The first kappa shape index (κ1) is 13.6. The number of nitrogens with one attached hydrogen (secondary N) is 1. The van der Waals surface area contributed by atoms with Crippen LogP contribution in [0.5, 0.6) is 0 Å². The highest BCUT2D eigenvalue weighted by Crippen LogP contribution is 2.22. The Balaban J connectivity index is 1.79. The van der Waals surface area contributed by atoms with Crippen LogP contribution >= 0.6 is 0 Å². The minimum absolute atomic E-state index is 0.240. The van der Waals surface area contributed by atoms with Gasteiger partial charge in [-0.2, -0.15) is 0 Å². The van der Waals surface area contributed by atoms with E-state index < -0.39 is 0 Å². The highest BCUT2D eigenvalue weighted by molar-refractivity contribution is 5.27. The maximum atomic E-state index is 5.59. The Morgan fingerprint density at radius 3 is 2.50 bits per heavy atom. The Morgan fingerprint density at radius 2 is 1.94 bits per heavy atom. The molecule has 1 aromatic carbocycles. The molecule has 0 unspecified atom stereocenters. The van der Waals surface area contributed by atoms with E-state index in [1.807, 2.05) is 0 Å². The number of hydrogen-bond donors (Lipinski definition) is 1. The van der Waals surface area contributed by atoms with Crippen LogP contribution in [0.15, 0.2) is 24.3 Å². The van der Waals surface area contributed by atoms with Gasteiger partial charge in [0.15, 0.2) is 0 Å². The molecular formula is C16H25NO. The lowest BCUT2D eigenvalue weighted by Crippen LogP contribution is -2.25. The van der Waals surface area contributed by atoms with Crippen LogP contribution in [0.3, 0.4) is 0 Å². The van der Waals surface area contributed by atoms with E-state index in [9.17, 15) is 0 Å². The molecule has 100 valence electrons. The lowest BCUT2D eigenvalue weighted by Gasteiger charge is -2.19. The molecule has 2 nitrogen and oxygen atoms in total. The molecule has 1 heterocycles. The summed E-state index contributed by atoms with van der Waals surface area (Å²) >= 11 is 0. The zero-order valence-electron chi connectivity index (χ0n) is 11.8. The molecule has 1 fully saturated rings. The quantitative estimate of drug-likeness (QED) is 0.882. The Labute approximate surface area is 111 Å². The highest BCUT2D eigenvalue weighted by atomic mass is 16.5. The fourth-order valence-corrected chi connectivity index (χ4v) is 2.31. The molecule has 1 saturated heterocycles. The van der Waals surface area contributed by atoms with Crippen LogP contribution in [0, 0.1) is 0 Å². The highest BCUT2D eigenvalue weighted by Gasteiger charge is 2.15.